The minimum absolute atomic E-state index is 0.0825. The van der Waals surface area contributed by atoms with E-state index in [0.29, 0.717) is 18.5 Å². The van der Waals surface area contributed by atoms with E-state index in [1.54, 1.807) is 12.1 Å². The van der Waals surface area contributed by atoms with Gasteiger partial charge in [-0.3, -0.25) is 9.59 Å². The maximum Gasteiger partial charge on any atom is 0.307 e. The van der Waals surface area contributed by atoms with Gasteiger partial charge in [-0.2, -0.15) is 0 Å². The van der Waals surface area contributed by atoms with Crippen molar-refractivity contribution < 1.29 is 23.5 Å². The van der Waals surface area contributed by atoms with Gasteiger partial charge in [-0.05, 0) is 58.9 Å². The fourth-order valence-electron chi connectivity index (χ4n) is 4.33. The van der Waals surface area contributed by atoms with E-state index in [4.69, 9.17) is 0 Å². The highest BCUT2D eigenvalue weighted by molar-refractivity contribution is 5.94. The highest BCUT2D eigenvalue weighted by Gasteiger charge is 2.20. The number of aliphatic carboxylic acids is 1. The molecule has 4 aromatic rings. The number of halogens is 2. The highest BCUT2D eigenvalue weighted by Crippen LogP contribution is 2.25. The molecule has 0 saturated carbocycles. The molecule has 0 fully saturated rings. The topological polar surface area (TPSA) is 57.6 Å². The van der Waals surface area contributed by atoms with Crippen molar-refractivity contribution >= 4 is 11.9 Å². The van der Waals surface area contributed by atoms with Gasteiger partial charge in [-0.25, -0.2) is 8.78 Å². The number of rotatable bonds is 10. The Morgan fingerprint density at radius 3 is 2.22 bits per heavy atom. The molecule has 6 heteroatoms. The van der Waals surface area contributed by atoms with Crippen LogP contribution in [0.4, 0.5) is 8.78 Å². The predicted molar refractivity (Wildman–Crippen MR) is 139 cm³/mol. The molecule has 0 aromatic heterocycles. The maximum atomic E-state index is 14.4. The van der Waals surface area contributed by atoms with Crippen molar-refractivity contribution in [3.05, 3.63) is 131 Å². The number of benzene rings is 4. The molecule has 0 aliphatic rings. The van der Waals surface area contributed by atoms with Gasteiger partial charge in [0.2, 0.25) is 0 Å². The molecule has 0 atom stereocenters. The third-order valence-corrected chi connectivity index (χ3v) is 6.18. The molecule has 0 unspecified atom stereocenters. The van der Waals surface area contributed by atoms with Crippen LogP contribution in [0.15, 0.2) is 97.1 Å². The standard InChI is InChI=1S/C31H27F2NO3/c32-26-16-17-29(33)28(20-26)31(37)34(18-6-9-22-7-2-1-3-8-22)21-23-12-14-24(15-13-23)27-11-5-4-10-25(27)19-30(35)36/h1-5,7-8,10-17,20H,6,9,18-19,21H2,(H,35,36). The Balaban J connectivity index is 1.54. The van der Waals surface area contributed by atoms with Crippen molar-refractivity contribution in [1.29, 1.82) is 0 Å². The van der Waals surface area contributed by atoms with Crippen LogP contribution in [-0.2, 0) is 24.2 Å². The molecule has 4 nitrogen and oxygen atoms in total. The summed E-state index contributed by atoms with van der Waals surface area (Å²) in [7, 11) is 0. The van der Waals surface area contributed by atoms with Crippen molar-refractivity contribution in [2.75, 3.05) is 6.54 Å². The van der Waals surface area contributed by atoms with Crippen molar-refractivity contribution in [1.82, 2.24) is 4.90 Å². The van der Waals surface area contributed by atoms with E-state index in [2.05, 4.69) is 0 Å². The minimum atomic E-state index is -0.904. The van der Waals surface area contributed by atoms with E-state index >= 15 is 0 Å². The molecule has 0 spiro atoms. The van der Waals surface area contributed by atoms with Crippen molar-refractivity contribution in [3.8, 4) is 11.1 Å². The van der Waals surface area contributed by atoms with Gasteiger partial charge in [-0.15, -0.1) is 0 Å². The Kier molecular flexibility index (Phi) is 8.41. The van der Waals surface area contributed by atoms with E-state index in [1.807, 2.05) is 66.7 Å². The third-order valence-electron chi connectivity index (χ3n) is 6.18. The third kappa shape index (κ3) is 6.88. The molecule has 37 heavy (non-hydrogen) atoms. The van der Waals surface area contributed by atoms with E-state index in [1.165, 1.54) is 4.90 Å². The van der Waals surface area contributed by atoms with Crippen LogP contribution in [-0.4, -0.2) is 28.4 Å². The number of nitrogens with zero attached hydrogens (tertiary/aromatic N) is 1. The predicted octanol–water partition coefficient (Wildman–Crippen LogP) is 6.53. The van der Waals surface area contributed by atoms with Crippen LogP contribution in [0.3, 0.4) is 0 Å². The van der Waals surface area contributed by atoms with Gasteiger partial charge >= 0.3 is 5.97 Å². The number of hydrogen-bond donors (Lipinski definition) is 1. The number of amides is 1. The van der Waals surface area contributed by atoms with Crippen molar-refractivity contribution in [2.24, 2.45) is 0 Å². The minimum Gasteiger partial charge on any atom is -0.481 e. The summed E-state index contributed by atoms with van der Waals surface area (Å²) >= 11 is 0. The van der Waals surface area contributed by atoms with Crippen molar-refractivity contribution in [2.45, 2.75) is 25.8 Å². The maximum absolute atomic E-state index is 14.4. The molecular weight excluding hydrogens is 472 g/mol. The molecule has 188 valence electrons. The van der Waals surface area contributed by atoms with E-state index in [9.17, 15) is 23.5 Å². The second-order valence-corrected chi connectivity index (χ2v) is 8.86. The summed E-state index contributed by atoms with van der Waals surface area (Å²) in [5.74, 6) is -2.90. The van der Waals surface area contributed by atoms with Crippen LogP contribution in [0, 0.1) is 11.6 Å². The number of carboxylic acids is 1. The summed E-state index contributed by atoms with van der Waals surface area (Å²) in [4.78, 5) is 26.0. The van der Waals surface area contributed by atoms with Crippen LogP contribution in [0.1, 0.15) is 33.5 Å². The normalized spacial score (nSPS) is 10.8. The van der Waals surface area contributed by atoms with Crippen LogP contribution in [0.2, 0.25) is 0 Å². The van der Waals surface area contributed by atoms with Gasteiger partial charge in [-0.1, -0.05) is 78.9 Å². The molecule has 4 aromatic carbocycles. The summed E-state index contributed by atoms with van der Waals surface area (Å²) in [6.45, 7) is 0.591. The monoisotopic (exact) mass is 499 g/mol. The average Bonchev–Trinajstić information content (AvgIpc) is 2.90. The molecule has 0 radical (unpaired) electrons. The quantitative estimate of drug-likeness (QED) is 0.270. The summed E-state index contributed by atoms with van der Waals surface area (Å²) in [6, 6.07) is 27.6. The van der Waals surface area contributed by atoms with Crippen LogP contribution >= 0.6 is 0 Å². The molecule has 0 bridgehead atoms. The van der Waals surface area contributed by atoms with Gasteiger partial charge in [0, 0.05) is 13.1 Å². The Morgan fingerprint density at radius 2 is 1.49 bits per heavy atom. The molecule has 0 aliphatic heterocycles. The zero-order valence-electron chi connectivity index (χ0n) is 20.2. The first kappa shape index (κ1) is 25.8. The molecule has 1 amide bonds. The largest absolute Gasteiger partial charge is 0.481 e. The zero-order chi connectivity index (χ0) is 26.2. The average molecular weight is 500 g/mol. The fourth-order valence-corrected chi connectivity index (χ4v) is 4.33. The Morgan fingerprint density at radius 1 is 0.784 bits per heavy atom. The van der Waals surface area contributed by atoms with Crippen LogP contribution in [0.5, 0.6) is 0 Å². The second kappa shape index (κ2) is 12.1. The van der Waals surface area contributed by atoms with Crippen LogP contribution in [0.25, 0.3) is 11.1 Å². The number of aryl methyl sites for hydroxylation is 1. The van der Waals surface area contributed by atoms with Gasteiger partial charge < -0.3 is 10.0 Å². The Hall–Kier alpha value is -4.32. The van der Waals surface area contributed by atoms with Gasteiger partial charge in [0.25, 0.3) is 5.91 Å². The van der Waals surface area contributed by atoms with E-state index in [-0.39, 0.29) is 18.5 Å². The van der Waals surface area contributed by atoms with Crippen LogP contribution < -0.4 is 0 Å². The Labute approximate surface area is 214 Å². The number of carbonyl (C=O) groups is 2. The molecular formula is C31H27F2NO3. The lowest BCUT2D eigenvalue weighted by atomic mass is 9.97. The van der Waals surface area contributed by atoms with Crippen molar-refractivity contribution in [3.63, 3.8) is 0 Å². The lowest BCUT2D eigenvalue weighted by Crippen LogP contribution is -2.32. The number of carboxylic acid groups (broad SMARTS) is 1. The molecule has 4 rings (SSSR count). The summed E-state index contributed by atoms with van der Waals surface area (Å²) in [5, 5.41) is 9.22. The zero-order valence-corrected chi connectivity index (χ0v) is 20.2. The smallest absolute Gasteiger partial charge is 0.307 e. The molecule has 0 aliphatic carbocycles. The van der Waals surface area contributed by atoms with Gasteiger partial charge in [0.15, 0.2) is 0 Å². The first-order chi connectivity index (χ1) is 17.9. The summed E-state index contributed by atoms with van der Waals surface area (Å²) in [5.41, 5.74) is 4.06. The highest BCUT2D eigenvalue weighted by atomic mass is 19.1. The molecule has 0 saturated heterocycles. The summed E-state index contributed by atoms with van der Waals surface area (Å²) < 4.78 is 28.2. The fraction of sp³-hybridized carbons (Fsp3) is 0.161. The lowest BCUT2D eigenvalue weighted by Gasteiger charge is -2.23. The SMILES string of the molecule is O=C(O)Cc1ccccc1-c1ccc(CN(CCCc2ccccc2)C(=O)c2cc(F)ccc2F)cc1. The van der Waals surface area contributed by atoms with Gasteiger partial charge in [0.1, 0.15) is 11.6 Å². The number of hydrogen-bond acceptors (Lipinski definition) is 2. The van der Waals surface area contributed by atoms with E-state index < -0.39 is 23.5 Å². The first-order valence-corrected chi connectivity index (χ1v) is 12.1. The van der Waals surface area contributed by atoms with E-state index in [0.717, 1.165) is 46.9 Å². The first-order valence-electron chi connectivity index (χ1n) is 12.1. The summed E-state index contributed by atoms with van der Waals surface area (Å²) in [6.07, 6.45) is 1.32. The molecule has 1 N–H and O–H groups in total. The molecule has 0 heterocycles. The lowest BCUT2D eigenvalue weighted by molar-refractivity contribution is -0.136. The second-order valence-electron chi connectivity index (χ2n) is 8.86. The Bertz CT molecular complexity index is 1370. The number of carbonyl (C=O) groups excluding carboxylic acids is 1. The van der Waals surface area contributed by atoms with Gasteiger partial charge in [0.05, 0.1) is 12.0 Å².